The molecule has 1 aliphatic rings. The third kappa shape index (κ3) is 1.64. The van der Waals surface area contributed by atoms with Crippen molar-refractivity contribution in [2.45, 2.75) is 19.4 Å². The Kier molecular flexibility index (Phi) is 2.44. The highest BCUT2D eigenvalue weighted by Crippen LogP contribution is 2.27. The number of hydrogen-bond acceptors (Lipinski definition) is 6. The molecule has 0 amide bonds. The van der Waals surface area contributed by atoms with E-state index in [2.05, 4.69) is 32.4 Å². The molecule has 2 aromatic rings. The van der Waals surface area contributed by atoms with Crippen LogP contribution in [0.4, 0.5) is 5.82 Å². The van der Waals surface area contributed by atoms with E-state index in [1.165, 1.54) is 6.33 Å². The largest absolute Gasteiger partial charge is 0.355 e. The van der Waals surface area contributed by atoms with Crippen LogP contribution in [-0.2, 0) is 0 Å². The summed E-state index contributed by atoms with van der Waals surface area (Å²) in [7, 11) is 2.06. The zero-order valence-electron chi connectivity index (χ0n) is 9.97. The standard InChI is InChI=1S/C11H15N5O/c1-7-9-10(13-6-14-11(9)17-15-7)16(2)8-3-4-12-5-8/h6,8,12H,3-5H2,1-2H3. The molecular formula is C11H15N5O. The summed E-state index contributed by atoms with van der Waals surface area (Å²) in [4.78, 5) is 10.6. The predicted molar refractivity (Wildman–Crippen MR) is 64.0 cm³/mol. The Balaban J connectivity index is 2.06. The molecule has 3 rings (SSSR count). The maximum Gasteiger partial charge on any atom is 0.263 e. The van der Waals surface area contributed by atoms with Gasteiger partial charge in [0.1, 0.15) is 17.5 Å². The smallest absolute Gasteiger partial charge is 0.263 e. The zero-order chi connectivity index (χ0) is 11.8. The van der Waals surface area contributed by atoms with Gasteiger partial charge in [-0.2, -0.15) is 4.98 Å². The normalized spacial score (nSPS) is 20.0. The summed E-state index contributed by atoms with van der Waals surface area (Å²) in [6.45, 7) is 3.97. The highest BCUT2D eigenvalue weighted by atomic mass is 16.5. The molecule has 0 spiro atoms. The van der Waals surface area contributed by atoms with Crippen LogP contribution in [0.2, 0.25) is 0 Å². The van der Waals surface area contributed by atoms with E-state index < -0.39 is 0 Å². The summed E-state index contributed by atoms with van der Waals surface area (Å²) < 4.78 is 5.16. The molecule has 3 heterocycles. The maximum atomic E-state index is 5.16. The van der Waals surface area contributed by atoms with Gasteiger partial charge in [-0.15, -0.1) is 0 Å². The lowest BCUT2D eigenvalue weighted by Crippen LogP contribution is -2.34. The average Bonchev–Trinajstić information content (AvgIpc) is 2.98. The van der Waals surface area contributed by atoms with Crippen LogP contribution in [0.1, 0.15) is 12.1 Å². The lowest BCUT2D eigenvalue weighted by atomic mass is 10.2. The van der Waals surface area contributed by atoms with Gasteiger partial charge >= 0.3 is 0 Å². The third-order valence-electron chi connectivity index (χ3n) is 3.34. The molecule has 1 atom stereocenters. The first kappa shape index (κ1) is 10.5. The fraction of sp³-hybridized carbons (Fsp3) is 0.545. The van der Waals surface area contributed by atoms with Crippen molar-refractivity contribution in [1.29, 1.82) is 0 Å². The summed E-state index contributed by atoms with van der Waals surface area (Å²) in [5.74, 6) is 0.905. The highest BCUT2D eigenvalue weighted by molar-refractivity contribution is 5.87. The molecule has 90 valence electrons. The van der Waals surface area contributed by atoms with Crippen molar-refractivity contribution in [1.82, 2.24) is 20.4 Å². The molecule has 0 aliphatic carbocycles. The molecule has 1 unspecified atom stereocenters. The van der Waals surface area contributed by atoms with Gasteiger partial charge in [0.2, 0.25) is 0 Å². The number of aryl methyl sites for hydroxylation is 1. The van der Waals surface area contributed by atoms with Gasteiger partial charge in [-0.25, -0.2) is 4.98 Å². The van der Waals surface area contributed by atoms with Gasteiger partial charge in [-0.05, 0) is 19.9 Å². The van der Waals surface area contributed by atoms with Gasteiger partial charge < -0.3 is 14.7 Å². The van der Waals surface area contributed by atoms with Gasteiger partial charge in [0.15, 0.2) is 0 Å². The Morgan fingerprint density at radius 2 is 2.35 bits per heavy atom. The Bertz CT molecular complexity index is 532. The molecule has 6 heteroatoms. The molecule has 2 aromatic heterocycles. The second kappa shape index (κ2) is 3.96. The number of anilines is 1. The van der Waals surface area contributed by atoms with Gasteiger partial charge in [-0.3, -0.25) is 0 Å². The van der Waals surface area contributed by atoms with Gasteiger partial charge in [0.25, 0.3) is 5.71 Å². The lowest BCUT2D eigenvalue weighted by Gasteiger charge is -2.24. The number of likely N-dealkylation sites (N-methyl/N-ethyl adjacent to an activating group) is 1. The van der Waals surface area contributed by atoms with Crippen LogP contribution in [-0.4, -0.2) is 41.3 Å². The number of fused-ring (bicyclic) bond motifs is 1. The fourth-order valence-corrected chi connectivity index (χ4v) is 2.31. The molecule has 0 saturated carbocycles. The SMILES string of the molecule is Cc1noc2ncnc(N(C)C3CCNC3)c12. The Morgan fingerprint density at radius 3 is 3.12 bits per heavy atom. The average molecular weight is 233 g/mol. The molecule has 1 saturated heterocycles. The maximum absolute atomic E-state index is 5.16. The van der Waals surface area contributed by atoms with Crippen LogP contribution in [0.5, 0.6) is 0 Å². The quantitative estimate of drug-likeness (QED) is 0.824. The van der Waals surface area contributed by atoms with Crippen LogP contribution in [0.25, 0.3) is 11.1 Å². The Hall–Kier alpha value is -1.69. The molecule has 1 fully saturated rings. The van der Waals surface area contributed by atoms with Gasteiger partial charge in [-0.1, -0.05) is 5.16 Å². The Morgan fingerprint density at radius 1 is 1.47 bits per heavy atom. The molecule has 0 radical (unpaired) electrons. The minimum absolute atomic E-state index is 0.474. The molecule has 1 aliphatic heterocycles. The molecule has 1 N–H and O–H groups in total. The van der Waals surface area contributed by atoms with Crippen LogP contribution < -0.4 is 10.2 Å². The van der Waals surface area contributed by atoms with Gasteiger partial charge in [0.05, 0.1) is 5.69 Å². The van der Waals surface area contributed by atoms with Crippen molar-refractivity contribution in [3.8, 4) is 0 Å². The summed E-state index contributed by atoms with van der Waals surface area (Å²) in [6, 6.07) is 0.474. The van der Waals surface area contributed by atoms with E-state index >= 15 is 0 Å². The van der Waals surface area contributed by atoms with E-state index in [9.17, 15) is 0 Å². The van der Waals surface area contributed by atoms with E-state index in [1.54, 1.807) is 0 Å². The van der Waals surface area contributed by atoms with Crippen molar-refractivity contribution < 1.29 is 4.52 Å². The number of rotatable bonds is 2. The first-order valence-electron chi connectivity index (χ1n) is 5.78. The fourth-order valence-electron chi connectivity index (χ4n) is 2.31. The monoisotopic (exact) mass is 233 g/mol. The summed E-state index contributed by atoms with van der Waals surface area (Å²) in [5.41, 5.74) is 1.40. The van der Waals surface area contributed by atoms with Gasteiger partial charge in [0, 0.05) is 19.6 Å². The number of nitrogens with one attached hydrogen (secondary N) is 1. The molecule has 0 aromatic carbocycles. The van der Waals surface area contributed by atoms with Crippen LogP contribution in [0, 0.1) is 6.92 Å². The van der Waals surface area contributed by atoms with E-state index in [0.717, 1.165) is 36.4 Å². The van der Waals surface area contributed by atoms with Crippen LogP contribution in [0.3, 0.4) is 0 Å². The molecular weight excluding hydrogens is 218 g/mol. The minimum atomic E-state index is 0.474. The molecule has 0 bridgehead atoms. The number of nitrogens with zero attached hydrogens (tertiary/aromatic N) is 4. The third-order valence-corrected chi connectivity index (χ3v) is 3.34. The predicted octanol–water partition coefficient (Wildman–Crippen LogP) is 0.724. The minimum Gasteiger partial charge on any atom is -0.355 e. The first-order valence-corrected chi connectivity index (χ1v) is 5.78. The second-order valence-electron chi connectivity index (χ2n) is 4.40. The summed E-state index contributed by atoms with van der Waals surface area (Å²) in [6.07, 6.45) is 2.66. The topological polar surface area (TPSA) is 67.1 Å². The van der Waals surface area contributed by atoms with Crippen molar-refractivity contribution in [2.24, 2.45) is 0 Å². The number of hydrogen-bond donors (Lipinski definition) is 1. The van der Waals surface area contributed by atoms with Crippen molar-refractivity contribution in [3.05, 3.63) is 12.0 Å². The summed E-state index contributed by atoms with van der Waals surface area (Å²) in [5, 5.41) is 8.22. The van der Waals surface area contributed by atoms with E-state index in [4.69, 9.17) is 4.52 Å². The van der Waals surface area contributed by atoms with E-state index in [0.29, 0.717) is 11.8 Å². The summed E-state index contributed by atoms with van der Waals surface area (Å²) >= 11 is 0. The van der Waals surface area contributed by atoms with E-state index in [-0.39, 0.29) is 0 Å². The molecule has 6 nitrogen and oxygen atoms in total. The Labute approximate surface area is 99.0 Å². The van der Waals surface area contributed by atoms with Crippen molar-refractivity contribution in [3.63, 3.8) is 0 Å². The first-order chi connectivity index (χ1) is 8.27. The highest BCUT2D eigenvalue weighted by Gasteiger charge is 2.23. The van der Waals surface area contributed by atoms with Crippen molar-refractivity contribution >= 4 is 16.9 Å². The van der Waals surface area contributed by atoms with E-state index in [1.807, 2.05) is 6.92 Å². The lowest BCUT2D eigenvalue weighted by molar-refractivity contribution is 0.442. The van der Waals surface area contributed by atoms with Crippen LogP contribution in [0.15, 0.2) is 10.9 Å². The molecule has 17 heavy (non-hydrogen) atoms. The second-order valence-corrected chi connectivity index (χ2v) is 4.40. The number of aromatic nitrogens is 3. The van der Waals surface area contributed by atoms with Crippen molar-refractivity contribution in [2.75, 3.05) is 25.0 Å². The zero-order valence-corrected chi connectivity index (χ0v) is 9.97. The van der Waals surface area contributed by atoms with Crippen LogP contribution >= 0.6 is 0 Å².